The van der Waals surface area contributed by atoms with E-state index in [-0.39, 0.29) is 11.9 Å². The van der Waals surface area contributed by atoms with Crippen LogP contribution in [-0.2, 0) is 6.54 Å². The van der Waals surface area contributed by atoms with Crippen molar-refractivity contribution in [2.75, 3.05) is 7.11 Å². The summed E-state index contributed by atoms with van der Waals surface area (Å²) in [5, 5.41) is 3.39. The number of rotatable bonds is 5. The molecule has 0 saturated heterocycles. The van der Waals surface area contributed by atoms with Gasteiger partial charge < -0.3 is 10.1 Å². The maximum Gasteiger partial charge on any atom is 0.213 e. The lowest BCUT2D eigenvalue weighted by molar-refractivity contribution is 0.397. The molecule has 0 fully saturated rings. The molecule has 0 amide bonds. The molecule has 1 N–H and O–H groups in total. The van der Waals surface area contributed by atoms with Gasteiger partial charge in [-0.2, -0.15) is 0 Å². The van der Waals surface area contributed by atoms with Crippen molar-refractivity contribution in [3.8, 4) is 5.88 Å². The van der Waals surface area contributed by atoms with E-state index < -0.39 is 0 Å². The van der Waals surface area contributed by atoms with Crippen LogP contribution in [0.4, 0.5) is 4.39 Å². The number of methoxy groups -OCH3 is 1. The number of hydrogen-bond acceptors (Lipinski definition) is 3. The summed E-state index contributed by atoms with van der Waals surface area (Å²) in [6, 6.07) is 8.65. The van der Waals surface area contributed by atoms with Crippen molar-refractivity contribution in [1.82, 2.24) is 10.3 Å². The maximum atomic E-state index is 13.1. The number of benzene rings is 1. The molecule has 0 bridgehead atoms. The van der Waals surface area contributed by atoms with Crippen molar-refractivity contribution in [3.05, 3.63) is 57.9 Å². The molecule has 1 atom stereocenters. The minimum atomic E-state index is -0.244. The van der Waals surface area contributed by atoms with Crippen molar-refractivity contribution >= 4 is 15.9 Å². The average molecular weight is 339 g/mol. The Hall–Kier alpha value is -1.46. The largest absolute Gasteiger partial charge is 0.481 e. The molecule has 0 aliphatic heterocycles. The van der Waals surface area contributed by atoms with Crippen molar-refractivity contribution in [2.45, 2.75) is 19.5 Å². The first kappa shape index (κ1) is 14.9. The summed E-state index contributed by atoms with van der Waals surface area (Å²) >= 11 is 3.39. The van der Waals surface area contributed by atoms with Crippen LogP contribution in [0, 0.1) is 5.82 Å². The number of halogens is 2. The Morgan fingerprint density at radius 1 is 1.35 bits per heavy atom. The Morgan fingerprint density at radius 2 is 2.15 bits per heavy atom. The summed E-state index contributed by atoms with van der Waals surface area (Å²) in [5.41, 5.74) is 2.11. The molecule has 1 heterocycles. The van der Waals surface area contributed by atoms with E-state index in [0.717, 1.165) is 15.6 Å². The first-order valence-corrected chi connectivity index (χ1v) is 7.06. The van der Waals surface area contributed by atoms with E-state index in [1.54, 1.807) is 19.4 Å². The van der Waals surface area contributed by atoms with Gasteiger partial charge in [-0.05, 0) is 36.2 Å². The first-order chi connectivity index (χ1) is 9.60. The smallest absolute Gasteiger partial charge is 0.213 e. The molecule has 1 aromatic carbocycles. The van der Waals surface area contributed by atoms with Crippen LogP contribution in [0.15, 0.2) is 41.0 Å². The number of aromatic nitrogens is 1. The van der Waals surface area contributed by atoms with E-state index >= 15 is 0 Å². The van der Waals surface area contributed by atoms with Gasteiger partial charge in [-0.1, -0.05) is 22.0 Å². The molecule has 0 aliphatic carbocycles. The molecule has 20 heavy (non-hydrogen) atoms. The maximum absolute atomic E-state index is 13.1. The Morgan fingerprint density at radius 3 is 2.85 bits per heavy atom. The van der Waals surface area contributed by atoms with Crippen molar-refractivity contribution < 1.29 is 9.13 Å². The zero-order chi connectivity index (χ0) is 14.5. The number of nitrogens with one attached hydrogen (secondary N) is 1. The molecule has 5 heteroatoms. The second-order valence-corrected chi connectivity index (χ2v) is 5.33. The summed E-state index contributed by atoms with van der Waals surface area (Å²) < 4.78 is 18.9. The van der Waals surface area contributed by atoms with Crippen LogP contribution in [0.5, 0.6) is 5.88 Å². The minimum absolute atomic E-state index is 0.101. The molecular formula is C15H16BrFN2O. The van der Waals surface area contributed by atoms with Gasteiger partial charge >= 0.3 is 0 Å². The molecule has 2 aromatic rings. The van der Waals surface area contributed by atoms with Crippen LogP contribution < -0.4 is 10.1 Å². The monoisotopic (exact) mass is 338 g/mol. The van der Waals surface area contributed by atoms with Gasteiger partial charge in [-0.15, -0.1) is 0 Å². The predicted octanol–water partition coefficient (Wildman–Crippen LogP) is 3.84. The lowest BCUT2D eigenvalue weighted by Crippen LogP contribution is -2.18. The van der Waals surface area contributed by atoms with Gasteiger partial charge in [0.05, 0.1) is 7.11 Å². The number of hydrogen-bond donors (Lipinski definition) is 1. The van der Waals surface area contributed by atoms with Crippen LogP contribution in [0.3, 0.4) is 0 Å². The third-order valence-electron chi connectivity index (χ3n) is 3.05. The van der Waals surface area contributed by atoms with Gasteiger partial charge in [0.15, 0.2) is 0 Å². The Labute approximate surface area is 126 Å². The van der Waals surface area contributed by atoms with Crippen LogP contribution in [0.25, 0.3) is 0 Å². The van der Waals surface area contributed by atoms with Crippen molar-refractivity contribution in [2.24, 2.45) is 0 Å². The normalized spacial score (nSPS) is 12.2. The number of ether oxygens (including phenoxy) is 1. The van der Waals surface area contributed by atoms with Gasteiger partial charge in [0.2, 0.25) is 5.88 Å². The Balaban J connectivity index is 2.02. The SMILES string of the molecule is COc1cc(CNC(C)c2ccc(F)cc2Br)ccn1. The van der Waals surface area contributed by atoms with Gasteiger partial charge in [0, 0.05) is 29.3 Å². The summed E-state index contributed by atoms with van der Waals surface area (Å²) in [6.45, 7) is 2.72. The van der Waals surface area contributed by atoms with Crippen molar-refractivity contribution in [1.29, 1.82) is 0 Å². The highest BCUT2D eigenvalue weighted by Gasteiger charge is 2.10. The van der Waals surface area contributed by atoms with Gasteiger partial charge in [0.1, 0.15) is 5.82 Å². The van der Waals surface area contributed by atoms with Crippen LogP contribution >= 0.6 is 15.9 Å². The number of nitrogens with zero attached hydrogens (tertiary/aromatic N) is 1. The van der Waals surface area contributed by atoms with Crippen LogP contribution in [0.2, 0.25) is 0 Å². The minimum Gasteiger partial charge on any atom is -0.481 e. The van der Waals surface area contributed by atoms with Gasteiger partial charge in [-0.25, -0.2) is 9.37 Å². The van der Waals surface area contributed by atoms with E-state index in [2.05, 4.69) is 26.2 Å². The highest BCUT2D eigenvalue weighted by Crippen LogP contribution is 2.24. The summed E-state index contributed by atoms with van der Waals surface area (Å²) in [7, 11) is 1.60. The highest BCUT2D eigenvalue weighted by molar-refractivity contribution is 9.10. The van der Waals surface area contributed by atoms with E-state index in [4.69, 9.17) is 4.74 Å². The predicted molar refractivity (Wildman–Crippen MR) is 80.1 cm³/mol. The molecule has 3 nitrogen and oxygen atoms in total. The quantitative estimate of drug-likeness (QED) is 0.899. The summed E-state index contributed by atoms with van der Waals surface area (Å²) in [6.07, 6.45) is 1.72. The van der Waals surface area contributed by atoms with E-state index in [0.29, 0.717) is 12.4 Å². The van der Waals surface area contributed by atoms with Gasteiger partial charge in [-0.3, -0.25) is 0 Å². The summed E-state index contributed by atoms with van der Waals surface area (Å²) in [4.78, 5) is 4.07. The van der Waals surface area contributed by atoms with E-state index in [9.17, 15) is 4.39 Å². The molecule has 1 unspecified atom stereocenters. The fraction of sp³-hybridized carbons (Fsp3) is 0.267. The first-order valence-electron chi connectivity index (χ1n) is 6.27. The molecule has 0 spiro atoms. The second kappa shape index (κ2) is 6.81. The van der Waals surface area contributed by atoms with Crippen LogP contribution in [-0.4, -0.2) is 12.1 Å². The van der Waals surface area contributed by atoms with Gasteiger partial charge in [0.25, 0.3) is 0 Å². The molecule has 0 saturated carbocycles. The van der Waals surface area contributed by atoms with E-state index in [1.165, 1.54) is 12.1 Å². The fourth-order valence-corrected chi connectivity index (χ4v) is 2.60. The highest BCUT2D eigenvalue weighted by atomic mass is 79.9. The average Bonchev–Trinajstić information content (AvgIpc) is 2.45. The van der Waals surface area contributed by atoms with E-state index in [1.807, 2.05) is 19.1 Å². The molecular weight excluding hydrogens is 323 g/mol. The topological polar surface area (TPSA) is 34.1 Å². The van der Waals surface area contributed by atoms with Crippen LogP contribution in [0.1, 0.15) is 24.1 Å². The second-order valence-electron chi connectivity index (χ2n) is 4.47. The Kier molecular flexibility index (Phi) is 5.09. The molecule has 0 aliphatic rings. The fourth-order valence-electron chi connectivity index (χ4n) is 1.91. The van der Waals surface area contributed by atoms with Crippen molar-refractivity contribution in [3.63, 3.8) is 0 Å². The molecule has 0 radical (unpaired) electrons. The molecule has 106 valence electrons. The molecule has 1 aromatic heterocycles. The standard InChI is InChI=1S/C15H16BrFN2O/c1-10(13-4-3-12(17)8-14(13)16)19-9-11-5-6-18-15(7-11)20-2/h3-8,10,19H,9H2,1-2H3. The number of pyridine rings is 1. The lowest BCUT2D eigenvalue weighted by Gasteiger charge is -2.16. The zero-order valence-corrected chi connectivity index (χ0v) is 12.9. The Bertz CT molecular complexity index is 592. The third kappa shape index (κ3) is 3.77. The molecule has 2 rings (SSSR count). The lowest BCUT2D eigenvalue weighted by atomic mass is 10.1. The third-order valence-corrected chi connectivity index (χ3v) is 3.74. The zero-order valence-electron chi connectivity index (χ0n) is 11.4. The summed E-state index contributed by atoms with van der Waals surface area (Å²) in [5.74, 6) is 0.353.